The summed E-state index contributed by atoms with van der Waals surface area (Å²) in [7, 11) is 0. The van der Waals surface area contributed by atoms with E-state index in [2.05, 4.69) is 0 Å². The Morgan fingerprint density at radius 2 is 2.00 bits per heavy atom. The predicted molar refractivity (Wildman–Crippen MR) is 68.6 cm³/mol. The molecule has 1 N–H and O–H groups in total. The lowest BCUT2D eigenvalue weighted by atomic mass is 10.1. The molecule has 0 radical (unpaired) electrons. The van der Waals surface area contributed by atoms with Crippen molar-refractivity contribution >= 4 is 17.8 Å². The predicted octanol–water partition coefficient (Wildman–Crippen LogP) is 3.33. The van der Waals surface area contributed by atoms with Crippen molar-refractivity contribution < 1.29 is 19.4 Å². The van der Waals surface area contributed by atoms with Gasteiger partial charge in [-0.25, -0.2) is 4.79 Å². The Morgan fingerprint density at radius 1 is 1.39 bits per heavy atom. The van der Waals surface area contributed by atoms with Crippen molar-refractivity contribution in [3.05, 3.63) is 34.9 Å². The van der Waals surface area contributed by atoms with E-state index in [0.29, 0.717) is 10.6 Å². The van der Waals surface area contributed by atoms with Crippen molar-refractivity contribution in [1.82, 2.24) is 0 Å². The minimum absolute atomic E-state index is 0.358. The van der Waals surface area contributed by atoms with Crippen LogP contribution in [0.3, 0.4) is 0 Å². The summed E-state index contributed by atoms with van der Waals surface area (Å²) >= 11 is 5.97. The van der Waals surface area contributed by atoms with Crippen molar-refractivity contribution in [3.63, 3.8) is 0 Å². The number of hydrogen-bond donors (Lipinski definition) is 1. The standard InChI is InChI=1S/C13H17ClO4/c1-13(2,3)18-12(16)17-11(8-15)9-6-4-5-7-10(9)14/h4-7,11,15H,8H2,1-3H3/t11-/m1/s1. The molecular formula is C13H17ClO4. The van der Waals surface area contributed by atoms with E-state index in [-0.39, 0.29) is 6.61 Å². The summed E-state index contributed by atoms with van der Waals surface area (Å²) in [4.78, 5) is 11.5. The molecule has 1 rings (SSSR count). The topological polar surface area (TPSA) is 55.8 Å². The Balaban J connectivity index is 2.74. The van der Waals surface area contributed by atoms with Crippen LogP contribution in [0.2, 0.25) is 5.02 Å². The van der Waals surface area contributed by atoms with Crippen LogP contribution in [-0.4, -0.2) is 23.5 Å². The molecule has 0 aliphatic heterocycles. The number of rotatable bonds is 3. The van der Waals surface area contributed by atoms with E-state index < -0.39 is 17.9 Å². The molecule has 100 valence electrons. The minimum Gasteiger partial charge on any atom is -0.429 e. The molecule has 1 aromatic rings. The first-order valence-corrected chi connectivity index (χ1v) is 5.96. The fraction of sp³-hybridized carbons (Fsp3) is 0.462. The van der Waals surface area contributed by atoms with Crippen LogP contribution in [0.25, 0.3) is 0 Å². The third-order valence-electron chi connectivity index (χ3n) is 2.05. The molecule has 0 fully saturated rings. The van der Waals surface area contributed by atoms with Gasteiger partial charge in [-0.3, -0.25) is 0 Å². The molecule has 0 aliphatic rings. The first-order valence-electron chi connectivity index (χ1n) is 5.58. The van der Waals surface area contributed by atoms with Crippen LogP contribution in [0.5, 0.6) is 0 Å². The van der Waals surface area contributed by atoms with Crippen LogP contribution < -0.4 is 0 Å². The molecule has 1 aromatic carbocycles. The zero-order chi connectivity index (χ0) is 13.8. The van der Waals surface area contributed by atoms with Crippen molar-refractivity contribution in [2.24, 2.45) is 0 Å². The monoisotopic (exact) mass is 272 g/mol. The number of benzene rings is 1. The number of carbonyl (C=O) groups excluding carboxylic acids is 1. The van der Waals surface area contributed by atoms with E-state index >= 15 is 0 Å². The average molecular weight is 273 g/mol. The van der Waals surface area contributed by atoms with E-state index in [4.69, 9.17) is 21.1 Å². The zero-order valence-electron chi connectivity index (χ0n) is 10.6. The van der Waals surface area contributed by atoms with Gasteiger partial charge >= 0.3 is 6.16 Å². The van der Waals surface area contributed by atoms with Gasteiger partial charge in [-0.1, -0.05) is 29.8 Å². The third kappa shape index (κ3) is 4.55. The lowest BCUT2D eigenvalue weighted by Crippen LogP contribution is -2.26. The second-order valence-corrected chi connectivity index (χ2v) is 5.18. The summed E-state index contributed by atoms with van der Waals surface area (Å²) in [5, 5.41) is 9.69. The highest BCUT2D eigenvalue weighted by Crippen LogP contribution is 2.26. The molecular weight excluding hydrogens is 256 g/mol. The summed E-state index contributed by atoms with van der Waals surface area (Å²) < 4.78 is 10.1. The fourth-order valence-electron chi connectivity index (χ4n) is 1.33. The van der Waals surface area contributed by atoms with Crippen LogP contribution in [0.4, 0.5) is 4.79 Å². The Labute approximate surface area is 111 Å². The highest BCUT2D eigenvalue weighted by Gasteiger charge is 2.23. The average Bonchev–Trinajstić information content (AvgIpc) is 2.24. The molecule has 0 saturated carbocycles. The fourth-order valence-corrected chi connectivity index (χ4v) is 1.58. The minimum atomic E-state index is -0.832. The summed E-state index contributed by atoms with van der Waals surface area (Å²) in [6.45, 7) is 4.84. The van der Waals surface area contributed by atoms with Crippen molar-refractivity contribution in [3.8, 4) is 0 Å². The van der Waals surface area contributed by atoms with Gasteiger partial charge in [0.15, 0.2) is 6.10 Å². The smallest absolute Gasteiger partial charge is 0.429 e. The number of hydrogen-bond acceptors (Lipinski definition) is 4. The maximum Gasteiger partial charge on any atom is 0.509 e. The highest BCUT2D eigenvalue weighted by atomic mass is 35.5. The summed E-state index contributed by atoms with van der Waals surface area (Å²) in [6, 6.07) is 6.86. The molecule has 0 amide bonds. The first kappa shape index (κ1) is 14.8. The normalized spacial score (nSPS) is 12.9. The second-order valence-electron chi connectivity index (χ2n) is 4.78. The molecule has 0 heterocycles. The van der Waals surface area contributed by atoms with Crippen LogP contribution >= 0.6 is 11.6 Å². The van der Waals surface area contributed by atoms with Gasteiger partial charge in [-0.2, -0.15) is 0 Å². The van der Waals surface area contributed by atoms with Crippen molar-refractivity contribution in [1.29, 1.82) is 0 Å². The van der Waals surface area contributed by atoms with Gasteiger partial charge in [0.1, 0.15) is 5.60 Å². The van der Waals surface area contributed by atoms with Crippen molar-refractivity contribution in [2.75, 3.05) is 6.61 Å². The second kappa shape index (κ2) is 6.07. The maximum absolute atomic E-state index is 11.5. The largest absolute Gasteiger partial charge is 0.509 e. The Bertz CT molecular complexity index is 412. The molecule has 0 unspecified atom stereocenters. The number of carbonyl (C=O) groups is 1. The number of ether oxygens (including phenoxy) is 2. The van der Waals surface area contributed by atoms with E-state index in [1.165, 1.54) is 0 Å². The van der Waals surface area contributed by atoms with Crippen LogP contribution in [-0.2, 0) is 9.47 Å². The lowest BCUT2D eigenvalue weighted by Gasteiger charge is -2.22. The van der Waals surface area contributed by atoms with Gasteiger partial charge in [0.25, 0.3) is 0 Å². The van der Waals surface area contributed by atoms with Crippen molar-refractivity contribution in [2.45, 2.75) is 32.5 Å². The van der Waals surface area contributed by atoms with Gasteiger partial charge in [-0.15, -0.1) is 0 Å². The zero-order valence-corrected chi connectivity index (χ0v) is 11.4. The lowest BCUT2D eigenvalue weighted by molar-refractivity contribution is -0.0388. The van der Waals surface area contributed by atoms with E-state index in [0.717, 1.165) is 0 Å². The van der Waals surface area contributed by atoms with E-state index in [1.807, 2.05) is 0 Å². The van der Waals surface area contributed by atoms with Crippen LogP contribution in [0, 0.1) is 0 Å². The van der Waals surface area contributed by atoms with Crippen LogP contribution in [0.15, 0.2) is 24.3 Å². The molecule has 4 nitrogen and oxygen atoms in total. The summed E-state index contributed by atoms with van der Waals surface area (Å²) in [5.74, 6) is 0. The van der Waals surface area contributed by atoms with Gasteiger partial charge in [0, 0.05) is 10.6 Å². The molecule has 0 aliphatic carbocycles. The summed E-state index contributed by atoms with van der Waals surface area (Å²) in [6.07, 6.45) is -1.66. The molecule has 0 aromatic heterocycles. The number of aliphatic hydroxyl groups excluding tert-OH is 1. The Hall–Kier alpha value is -1.26. The summed E-state index contributed by atoms with van der Waals surface area (Å²) in [5.41, 5.74) is -0.0927. The molecule has 0 saturated heterocycles. The van der Waals surface area contributed by atoms with E-state index in [9.17, 15) is 9.90 Å². The SMILES string of the molecule is CC(C)(C)OC(=O)O[C@H](CO)c1ccccc1Cl. The molecule has 5 heteroatoms. The number of aliphatic hydroxyl groups is 1. The van der Waals surface area contributed by atoms with Crippen LogP contribution in [0.1, 0.15) is 32.4 Å². The molecule has 0 bridgehead atoms. The maximum atomic E-state index is 11.5. The Kier molecular flexibility index (Phi) is 4.99. The molecule has 1 atom stereocenters. The third-order valence-corrected chi connectivity index (χ3v) is 2.39. The highest BCUT2D eigenvalue weighted by molar-refractivity contribution is 6.31. The van der Waals surface area contributed by atoms with Gasteiger partial charge in [-0.05, 0) is 26.8 Å². The molecule has 18 heavy (non-hydrogen) atoms. The Morgan fingerprint density at radius 3 is 2.50 bits per heavy atom. The quantitative estimate of drug-likeness (QED) is 0.858. The number of halogens is 1. The van der Waals surface area contributed by atoms with E-state index in [1.54, 1.807) is 45.0 Å². The van der Waals surface area contributed by atoms with Gasteiger partial charge < -0.3 is 14.6 Å². The van der Waals surface area contributed by atoms with Gasteiger partial charge in [0.05, 0.1) is 6.61 Å². The molecule has 0 spiro atoms. The first-order chi connectivity index (χ1) is 8.33. The van der Waals surface area contributed by atoms with Gasteiger partial charge in [0.2, 0.25) is 0 Å².